The van der Waals surface area contributed by atoms with Crippen molar-refractivity contribution in [1.82, 2.24) is 9.80 Å². The molecule has 0 bridgehead atoms. The van der Waals surface area contributed by atoms with Crippen LogP contribution in [0.5, 0.6) is 0 Å². The molecule has 4 nitrogen and oxygen atoms in total. The lowest BCUT2D eigenvalue weighted by Gasteiger charge is -2.37. The Labute approximate surface area is 123 Å². The fraction of sp³-hybridized carbons (Fsp3) is 0.533. The topological polar surface area (TPSA) is 43.8 Å². The number of β-amino-alcohol motifs (C(OH)–C–C–N with tert-alkyl or cyclic N) is 1. The van der Waals surface area contributed by atoms with Crippen molar-refractivity contribution in [2.75, 3.05) is 32.7 Å². The van der Waals surface area contributed by atoms with Crippen LogP contribution in [0.3, 0.4) is 0 Å². The molecule has 0 saturated carbocycles. The van der Waals surface area contributed by atoms with E-state index in [1.165, 1.54) is 17.0 Å². The summed E-state index contributed by atoms with van der Waals surface area (Å²) < 4.78 is 26.8. The summed E-state index contributed by atoms with van der Waals surface area (Å²) in [6.07, 6.45) is 0. The number of hydrogen-bond donors (Lipinski definition) is 1. The van der Waals surface area contributed by atoms with Gasteiger partial charge in [-0.05, 0) is 26.0 Å². The van der Waals surface area contributed by atoms with Crippen molar-refractivity contribution >= 4 is 5.91 Å². The highest BCUT2D eigenvalue weighted by atomic mass is 19.2. The Morgan fingerprint density at radius 1 is 1.24 bits per heavy atom. The zero-order valence-electron chi connectivity index (χ0n) is 12.3. The van der Waals surface area contributed by atoms with Crippen LogP contribution in [0.1, 0.15) is 24.2 Å². The van der Waals surface area contributed by atoms with E-state index >= 15 is 0 Å². The van der Waals surface area contributed by atoms with E-state index in [2.05, 4.69) is 0 Å². The number of piperazine rings is 1. The van der Waals surface area contributed by atoms with Gasteiger partial charge in [-0.15, -0.1) is 0 Å². The largest absolute Gasteiger partial charge is 0.389 e. The Morgan fingerprint density at radius 2 is 1.86 bits per heavy atom. The first-order valence-electron chi connectivity index (χ1n) is 6.96. The maximum absolute atomic E-state index is 13.6. The van der Waals surface area contributed by atoms with Crippen LogP contribution in [0.4, 0.5) is 8.78 Å². The number of carbonyl (C=O) groups is 1. The van der Waals surface area contributed by atoms with Crippen molar-refractivity contribution < 1.29 is 18.7 Å². The molecule has 1 heterocycles. The summed E-state index contributed by atoms with van der Waals surface area (Å²) in [4.78, 5) is 15.8. The van der Waals surface area contributed by atoms with Gasteiger partial charge in [-0.3, -0.25) is 9.69 Å². The lowest BCUT2D eigenvalue weighted by molar-refractivity contribution is 0.0177. The van der Waals surface area contributed by atoms with Crippen LogP contribution in [-0.2, 0) is 0 Å². The average molecular weight is 298 g/mol. The number of aliphatic hydroxyl groups is 1. The second-order valence-corrected chi connectivity index (χ2v) is 5.98. The van der Waals surface area contributed by atoms with E-state index in [1.54, 1.807) is 13.8 Å². The van der Waals surface area contributed by atoms with Gasteiger partial charge < -0.3 is 10.0 Å². The van der Waals surface area contributed by atoms with E-state index in [1.807, 2.05) is 4.90 Å². The number of amides is 1. The Bertz CT molecular complexity index is 521. The molecule has 0 aliphatic carbocycles. The summed E-state index contributed by atoms with van der Waals surface area (Å²) in [7, 11) is 0. The molecule has 1 aromatic carbocycles. The first kappa shape index (κ1) is 15.9. The van der Waals surface area contributed by atoms with Gasteiger partial charge in [0.05, 0.1) is 11.2 Å². The maximum atomic E-state index is 13.6. The third-order valence-corrected chi connectivity index (χ3v) is 3.45. The number of carbonyl (C=O) groups excluding carboxylic acids is 1. The quantitative estimate of drug-likeness (QED) is 0.919. The van der Waals surface area contributed by atoms with Crippen LogP contribution < -0.4 is 0 Å². The van der Waals surface area contributed by atoms with Gasteiger partial charge in [0.1, 0.15) is 0 Å². The normalized spacial score (nSPS) is 17.1. The molecule has 1 aliphatic rings. The predicted octanol–water partition coefficient (Wildman–Crippen LogP) is 1.49. The molecule has 1 aromatic rings. The molecule has 21 heavy (non-hydrogen) atoms. The Kier molecular flexibility index (Phi) is 4.58. The van der Waals surface area contributed by atoms with E-state index < -0.39 is 23.1 Å². The van der Waals surface area contributed by atoms with Crippen molar-refractivity contribution in [3.63, 3.8) is 0 Å². The first-order valence-corrected chi connectivity index (χ1v) is 6.96. The van der Waals surface area contributed by atoms with Crippen molar-refractivity contribution in [1.29, 1.82) is 0 Å². The van der Waals surface area contributed by atoms with Gasteiger partial charge >= 0.3 is 0 Å². The zero-order chi connectivity index (χ0) is 15.6. The van der Waals surface area contributed by atoms with Crippen LogP contribution in [0.25, 0.3) is 0 Å². The zero-order valence-corrected chi connectivity index (χ0v) is 12.3. The molecule has 0 unspecified atom stereocenters. The van der Waals surface area contributed by atoms with Crippen LogP contribution in [0.2, 0.25) is 0 Å². The summed E-state index contributed by atoms with van der Waals surface area (Å²) in [6.45, 7) is 6.05. The maximum Gasteiger partial charge on any atom is 0.257 e. The smallest absolute Gasteiger partial charge is 0.257 e. The lowest BCUT2D eigenvalue weighted by atomic mass is 10.1. The molecule has 1 fully saturated rings. The highest BCUT2D eigenvalue weighted by molar-refractivity contribution is 5.94. The second-order valence-electron chi connectivity index (χ2n) is 5.98. The minimum atomic E-state index is -1.10. The van der Waals surface area contributed by atoms with Crippen molar-refractivity contribution in [3.05, 3.63) is 35.4 Å². The van der Waals surface area contributed by atoms with Gasteiger partial charge in [0.25, 0.3) is 5.91 Å². The Morgan fingerprint density at radius 3 is 2.43 bits per heavy atom. The molecular weight excluding hydrogens is 278 g/mol. The van der Waals surface area contributed by atoms with Gasteiger partial charge in [0, 0.05) is 32.7 Å². The second kappa shape index (κ2) is 6.07. The van der Waals surface area contributed by atoms with Gasteiger partial charge in [0.15, 0.2) is 11.6 Å². The number of rotatable bonds is 3. The summed E-state index contributed by atoms with van der Waals surface area (Å²) in [6, 6.07) is 3.62. The fourth-order valence-corrected chi connectivity index (χ4v) is 2.50. The Hall–Kier alpha value is -1.53. The summed E-state index contributed by atoms with van der Waals surface area (Å²) in [5.74, 6) is -2.60. The average Bonchev–Trinajstić information content (AvgIpc) is 2.40. The minimum Gasteiger partial charge on any atom is -0.389 e. The molecule has 1 aliphatic heterocycles. The summed E-state index contributed by atoms with van der Waals surface area (Å²) >= 11 is 0. The fourth-order valence-electron chi connectivity index (χ4n) is 2.50. The summed E-state index contributed by atoms with van der Waals surface area (Å²) in [5, 5.41) is 9.78. The monoisotopic (exact) mass is 298 g/mol. The van der Waals surface area contributed by atoms with Gasteiger partial charge in [-0.2, -0.15) is 0 Å². The summed E-state index contributed by atoms with van der Waals surface area (Å²) in [5.41, 5.74) is -1.02. The molecule has 2 rings (SSSR count). The molecule has 1 N–H and O–H groups in total. The van der Waals surface area contributed by atoms with Crippen LogP contribution >= 0.6 is 0 Å². The van der Waals surface area contributed by atoms with Gasteiger partial charge in [-0.1, -0.05) is 6.07 Å². The molecule has 0 radical (unpaired) electrons. The molecular formula is C15H20F2N2O2. The van der Waals surface area contributed by atoms with Crippen molar-refractivity contribution in [3.8, 4) is 0 Å². The van der Waals surface area contributed by atoms with Crippen LogP contribution in [-0.4, -0.2) is 59.1 Å². The molecule has 0 spiro atoms. The van der Waals surface area contributed by atoms with E-state index in [0.717, 1.165) is 6.07 Å². The standard InChI is InChI=1S/C15H20F2N2O2/c1-15(2,21)10-18-6-8-19(9-7-18)14(20)11-4-3-5-12(16)13(11)17/h3-5,21H,6-10H2,1-2H3. The minimum absolute atomic E-state index is 0.231. The first-order chi connectivity index (χ1) is 9.78. The molecule has 1 amide bonds. The van der Waals surface area contributed by atoms with Gasteiger partial charge in [0.2, 0.25) is 0 Å². The molecule has 116 valence electrons. The molecule has 0 aromatic heterocycles. The Balaban J connectivity index is 1.99. The van der Waals surface area contributed by atoms with Crippen LogP contribution in [0, 0.1) is 11.6 Å². The van der Waals surface area contributed by atoms with E-state index in [-0.39, 0.29) is 5.56 Å². The number of halogens is 2. The van der Waals surface area contributed by atoms with E-state index in [0.29, 0.717) is 32.7 Å². The highest BCUT2D eigenvalue weighted by Crippen LogP contribution is 2.16. The SMILES string of the molecule is CC(C)(O)CN1CCN(C(=O)c2cccc(F)c2F)CC1. The van der Waals surface area contributed by atoms with Crippen molar-refractivity contribution in [2.45, 2.75) is 19.4 Å². The van der Waals surface area contributed by atoms with Gasteiger partial charge in [-0.25, -0.2) is 8.78 Å². The van der Waals surface area contributed by atoms with E-state index in [4.69, 9.17) is 0 Å². The molecule has 0 atom stereocenters. The van der Waals surface area contributed by atoms with Crippen LogP contribution in [0.15, 0.2) is 18.2 Å². The van der Waals surface area contributed by atoms with Crippen molar-refractivity contribution in [2.24, 2.45) is 0 Å². The molecule has 1 saturated heterocycles. The number of benzene rings is 1. The third kappa shape index (κ3) is 3.98. The third-order valence-electron chi connectivity index (χ3n) is 3.45. The predicted molar refractivity (Wildman–Crippen MR) is 75.0 cm³/mol. The lowest BCUT2D eigenvalue weighted by Crippen LogP contribution is -2.52. The number of hydrogen-bond acceptors (Lipinski definition) is 3. The molecule has 6 heteroatoms. The van der Waals surface area contributed by atoms with E-state index in [9.17, 15) is 18.7 Å². The highest BCUT2D eigenvalue weighted by Gasteiger charge is 2.27. The number of nitrogens with zero attached hydrogens (tertiary/aromatic N) is 2.